The Morgan fingerprint density at radius 2 is 2.10 bits per heavy atom. The number of aryl methyl sites for hydroxylation is 1. The molecule has 0 spiro atoms. The summed E-state index contributed by atoms with van der Waals surface area (Å²) in [6.45, 7) is 2.72. The van der Waals surface area contributed by atoms with Crippen LogP contribution in [0.2, 0.25) is 0 Å². The van der Waals surface area contributed by atoms with Crippen LogP contribution >= 0.6 is 0 Å². The highest BCUT2D eigenvalue weighted by Gasteiger charge is 2.18. The molecule has 0 saturated carbocycles. The van der Waals surface area contributed by atoms with Gasteiger partial charge < -0.3 is 24.5 Å². The van der Waals surface area contributed by atoms with E-state index in [4.69, 9.17) is 24.5 Å². The van der Waals surface area contributed by atoms with Gasteiger partial charge in [0.1, 0.15) is 5.75 Å². The van der Waals surface area contributed by atoms with Gasteiger partial charge in [0.15, 0.2) is 18.1 Å². The van der Waals surface area contributed by atoms with E-state index in [-0.39, 0.29) is 13.4 Å². The number of nitrogens with two attached hydrogens (primary N) is 1. The Morgan fingerprint density at radius 1 is 1.30 bits per heavy atom. The summed E-state index contributed by atoms with van der Waals surface area (Å²) in [6, 6.07) is 3.70. The van der Waals surface area contributed by atoms with Crippen molar-refractivity contribution in [1.82, 2.24) is 10.1 Å². The summed E-state index contributed by atoms with van der Waals surface area (Å²) in [5.41, 5.74) is 6.59. The predicted molar refractivity (Wildman–Crippen MR) is 68.7 cm³/mol. The molecule has 7 heteroatoms. The van der Waals surface area contributed by atoms with E-state index in [0.29, 0.717) is 36.2 Å². The van der Waals surface area contributed by atoms with Crippen molar-refractivity contribution in [2.45, 2.75) is 20.0 Å². The monoisotopic (exact) mass is 277 g/mol. The van der Waals surface area contributed by atoms with Gasteiger partial charge in [0.25, 0.3) is 0 Å². The van der Waals surface area contributed by atoms with Gasteiger partial charge in [-0.25, -0.2) is 0 Å². The van der Waals surface area contributed by atoms with E-state index in [2.05, 4.69) is 10.1 Å². The van der Waals surface area contributed by atoms with Gasteiger partial charge in [-0.3, -0.25) is 0 Å². The van der Waals surface area contributed by atoms with Crippen molar-refractivity contribution >= 4 is 0 Å². The molecule has 1 aromatic carbocycles. The van der Waals surface area contributed by atoms with Crippen LogP contribution in [0.15, 0.2) is 16.7 Å². The molecule has 2 N–H and O–H groups in total. The zero-order chi connectivity index (χ0) is 13.9. The SMILES string of the molecule is Cc1nc(COc2cc3c(cc2CCN)OCO3)no1. The number of hydrogen-bond donors (Lipinski definition) is 1. The van der Waals surface area contributed by atoms with E-state index < -0.39 is 0 Å². The Bertz CT molecular complexity index is 612. The molecular formula is C13H15N3O4. The molecular weight excluding hydrogens is 262 g/mol. The number of aromatic nitrogens is 2. The van der Waals surface area contributed by atoms with Gasteiger partial charge in [-0.2, -0.15) is 4.98 Å². The van der Waals surface area contributed by atoms with Gasteiger partial charge in [-0.15, -0.1) is 0 Å². The first kappa shape index (κ1) is 12.7. The van der Waals surface area contributed by atoms with E-state index in [1.54, 1.807) is 13.0 Å². The molecule has 7 nitrogen and oxygen atoms in total. The second-order valence-electron chi connectivity index (χ2n) is 4.37. The van der Waals surface area contributed by atoms with Crippen molar-refractivity contribution in [3.05, 3.63) is 29.4 Å². The quantitative estimate of drug-likeness (QED) is 0.877. The van der Waals surface area contributed by atoms with E-state index >= 15 is 0 Å². The van der Waals surface area contributed by atoms with Gasteiger partial charge >= 0.3 is 0 Å². The van der Waals surface area contributed by atoms with Crippen LogP contribution in [-0.2, 0) is 13.0 Å². The zero-order valence-corrected chi connectivity index (χ0v) is 11.1. The molecule has 2 aromatic rings. The summed E-state index contributed by atoms with van der Waals surface area (Å²) in [7, 11) is 0. The summed E-state index contributed by atoms with van der Waals surface area (Å²) >= 11 is 0. The summed E-state index contributed by atoms with van der Waals surface area (Å²) in [5.74, 6) is 3.10. The third kappa shape index (κ3) is 2.53. The van der Waals surface area contributed by atoms with E-state index in [9.17, 15) is 0 Å². The molecule has 0 bridgehead atoms. The van der Waals surface area contributed by atoms with Gasteiger partial charge in [-0.1, -0.05) is 5.16 Å². The topological polar surface area (TPSA) is 92.6 Å². The Morgan fingerprint density at radius 3 is 2.80 bits per heavy atom. The lowest BCUT2D eigenvalue weighted by Crippen LogP contribution is -2.06. The summed E-state index contributed by atoms with van der Waals surface area (Å²) in [5, 5.41) is 3.79. The molecule has 0 atom stereocenters. The van der Waals surface area contributed by atoms with Crippen molar-refractivity contribution in [3.8, 4) is 17.2 Å². The van der Waals surface area contributed by atoms with Gasteiger partial charge in [0.05, 0.1) is 0 Å². The first-order chi connectivity index (χ1) is 9.76. The fourth-order valence-corrected chi connectivity index (χ4v) is 1.99. The summed E-state index contributed by atoms with van der Waals surface area (Å²) in [6.07, 6.45) is 0.692. The molecule has 0 radical (unpaired) electrons. The lowest BCUT2D eigenvalue weighted by molar-refractivity contribution is 0.173. The summed E-state index contributed by atoms with van der Waals surface area (Å²) in [4.78, 5) is 4.09. The molecule has 0 aliphatic carbocycles. The molecule has 1 aliphatic heterocycles. The highest BCUT2D eigenvalue weighted by molar-refractivity contribution is 5.52. The molecule has 1 aliphatic rings. The van der Waals surface area contributed by atoms with Crippen LogP contribution in [0.3, 0.4) is 0 Å². The average molecular weight is 277 g/mol. The van der Waals surface area contributed by atoms with Crippen LogP contribution in [0.1, 0.15) is 17.3 Å². The highest BCUT2D eigenvalue weighted by Crippen LogP contribution is 2.38. The van der Waals surface area contributed by atoms with Crippen LogP contribution in [0, 0.1) is 6.92 Å². The maximum Gasteiger partial charge on any atom is 0.231 e. The van der Waals surface area contributed by atoms with Crippen LogP contribution < -0.4 is 19.9 Å². The van der Waals surface area contributed by atoms with Crippen molar-refractivity contribution in [1.29, 1.82) is 0 Å². The fraction of sp³-hybridized carbons (Fsp3) is 0.385. The molecule has 2 heterocycles. The van der Waals surface area contributed by atoms with E-state index in [0.717, 1.165) is 11.3 Å². The maximum absolute atomic E-state index is 5.74. The molecule has 3 rings (SSSR count). The minimum absolute atomic E-state index is 0.227. The number of ether oxygens (including phenoxy) is 3. The highest BCUT2D eigenvalue weighted by atomic mass is 16.7. The Balaban J connectivity index is 1.80. The zero-order valence-electron chi connectivity index (χ0n) is 11.1. The van der Waals surface area contributed by atoms with Gasteiger partial charge in [-0.05, 0) is 24.6 Å². The third-order valence-corrected chi connectivity index (χ3v) is 2.90. The van der Waals surface area contributed by atoms with E-state index in [1.807, 2.05) is 6.07 Å². The van der Waals surface area contributed by atoms with Crippen LogP contribution in [0.25, 0.3) is 0 Å². The lowest BCUT2D eigenvalue weighted by Gasteiger charge is -2.10. The smallest absolute Gasteiger partial charge is 0.231 e. The van der Waals surface area contributed by atoms with E-state index in [1.165, 1.54) is 0 Å². The molecule has 0 amide bonds. The largest absolute Gasteiger partial charge is 0.485 e. The van der Waals surface area contributed by atoms with Crippen molar-refractivity contribution < 1.29 is 18.7 Å². The van der Waals surface area contributed by atoms with Gasteiger partial charge in [0.2, 0.25) is 18.5 Å². The fourth-order valence-electron chi connectivity index (χ4n) is 1.99. The first-order valence-corrected chi connectivity index (χ1v) is 6.31. The Hall–Kier alpha value is -2.28. The standard InChI is InChI=1S/C13H15N3O4/c1-8-15-13(16-20-8)6-17-10-5-12-11(18-7-19-12)4-9(10)2-3-14/h4-5H,2-3,6-7,14H2,1H3. The number of fused-ring (bicyclic) bond motifs is 1. The third-order valence-electron chi connectivity index (χ3n) is 2.90. The van der Waals surface area contributed by atoms with Crippen molar-refractivity contribution in [2.75, 3.05) is 13.3 Å². The molecule has 106 valence electrons. The molecule has 0 saturated heterocycles. The number of hydrogen-bond acceptors (Lipinski definition) is 7. The minimum Gasteiger partial charge on any atom is -0.485 e. The molecule has 0 unspecified atom stereocenters. The second-order valence-corrected chi connectivity index (χ2v) is 4.37. The van der Waals surface area contributed by atoms with Crippen LogP contribution in [0.5, 0.6) is 17.2 Å². The minimum atomic E-state index is 0.227. The van der Waals surface area contributed by atoms with Crippen LogP contribution in [-0.4, -0.2) is 23.5 Å². The molecule has 0 fully saturated rings. The van der Waals surface area contributed by atoms with Crippen molar-refractivity contribution in [2.24, 2.45) is 5.73 Å². The first-order valence-electron chi connectivity index (χ1n) is 6.31. The van der Waals surface area contributed by atoms with Crippen molar-refractivity contribution in [3.63, 3.8) is 0 Å². The number of benzene rings is 1. The van der Waals surface area contributed by atoms with Crippen LogP contribution in [0.4, 0.5) is 0 Å². The predicted octanol–water partition coefficient (Wildman–Crippen LogP) is 1.19. The number of rotatable bonds is 5. The molecule has 1 aromatic heterocycles. The lowest BCUT2D eigenvalue weighted by atomic mass is 10.1. The second kappa shape index (κ2) is 5.38. The Labute approximate surface area is 115 Å². The maximum atomic E-state index is 5.74. The Kier molecular flexibility index (Phi) is 3.42. The summed E-state index contributed by atoms with van der Waals surface area (Å²) < 4.78 is 21.3. The number of nitrogens with zero attached hydrogens (tertiary/aromatic N) is 2. The molecule has 20 heavy (non-hydrogen) atoms. The average Bonchev–Trinajstić information content (AvgIpc) is 3.04. The normalized spacial score (nSPS) is 12.7. The van der Waals surface area contributed by atoms with Gasteiger partial charge in [0, 0.05) is 13.0 Å².